The van der Waals surface area contributed by atoms with Crippen LogP contribution in [0, 0.1) is 0 Å². The van der Waals surface area contributed by atoms with Crippen LogP contribution < -0.4 is 0 Å². The lowest BCUT2D eigenvalue weighted by Crippen LogP contribution is -2.02. The van der Waals surface area contributed by atoms with Crippen LogP contribution in [-0.4, -0.2) is 23.0 Å². The first kappa shape index (κ1) is 10.5. The molecule has 74 valence electrons. The summed E-state index contributed by atoms with van der Waals surface area (Å²) in [6, 6.07) is 7.43. The summed E-state index contributed by atoms with van der Waals surface area (Å²) < 4.78 is 4.53. The number of imidazole rings is 1. The number of carbonyl (C=O) groups is 1. The van der Waals surface area contributed by atoms with Crippen molar-refractivity contribution >= 4 is 29.4 Å². The maximum Gasteiger partial charge on any atom is 0.374 e. The lowest BCUT2D eigenvalue weighted by molar-refractivity contribution is 0.0588. The number of ether oxygens (including phenoxy) is 1. The highest BCUT2D eigenvalue weighted by atomic mass is 35.5. The van der Waals surface area contributed by atoms with Crippen LogP contribution in [0.1, 0.15) is 10.6 Å². The number of hydrogen-bond acceptors (Lipinski definition) is 3. The number of hydrogen-bond donors (Lipinski definition) is 1. The van der Waals surface area contributed by atoms with E-state index in [9.17, 15) is 4.79 Å². The van der Waals surface area contributed by atoms with Gasteiger partial charge in [0.05, 0.1) is 18.1 Å². The minimum absolute atomic E-state index is 0. The maximum absolute atomic E-state index is 11.1. The van der Waals surface area contributed by atoms with E-state index in [-0.39, 0.29) is 18.2 Å². The quantitative estimate of drug-likeness (QED) is 0.733. The molecular weight excluding hydrogens is 204 g/mol. The molecule has 0 fully saturated rings. The van der Waals surface area contributed by atoms with Crippen LogP contribution in [0.2, 0.25) is 0 Å². The highest BCUT2D eigenvalue weighted by Crippen LogP contribution is 2.10. The van der Waals surface area contributed by atoms with Crippen LogP contribution in [0.3, 0.4) is 0 Å². The summed E-state index contributed by atoms with van der Waals surface area (Å²) in [4.78, 5) is 18.0. The molecular formula is C9H9ClN2O2. The Morgan fingerprint density at radius 1 is 1.43 bits per heavy atom. The molecule has 5 heteroatoms. The smallest absolute Gasteiger partial charge is 0.374 e. The number of nitrogens with zero attached hydrogens (tertiary/aromatic N) is 1. The van der Waals surface area contributed by atoms with E-state index >= 15 is 0 Å². The number of rotatable bonds is 1. The van der Waals surface area contributed by atoms with Crippen LogP contribution in [-0.2, 0) is 4.74 Å². The van der Waals surface area contributed by atoms with Gasteiger partial charge in [0.25, 0.3) is 0 Å². The molecule has 1 aromatic carbocycles. The standard InChI is InChI=1S/C9H8N2O2.ClH/c1-13-9(12)8-10-6-4-2-3-5-7(6)11-8;/h2-5H,1H3,(H,10,11);1H. The van der Waals surface area contributed by atoms with E-state index in [0.29, 0.717) is 0 Å². The monoisotopic (exact) mass is 212 g/mol. The van der Waals surface area contributed by atoms with Gasteiger partial charge in [-0.15, -0.1) is 12.4 Å². The second-order valence-corrected chi connectivity index (χ2v) is 2.59. The number of nitrogens with one attached hydrogen (secondary N) is 1. The molecule has 0 aliphatic carbocycles. The number of halogens is 1. The molecule has 0 saturated heterocycles. The molecule has 4 nitrogen and oxygen atoms in total. The summed E-state index contributed by atoms with van der Waals surface area (Å²) in [5.74, 6) is -0.208. The van der Waals surface area contributed by atoms with Crippen molar-refractivity contribution in [2.45, 2.75) is 0 Å². The minimum atomic E-state index is -0.448. The second-order valence-electron chi connectivity index (χ2n) is 2.59. The number of aromatic amines is 1. The van der Waals surface area contributed by atoms with Crippen molar-refractivity contribution in [2.75, 3.05) is 7.11 Å². The number of carbonyl (C=O) groups excluding carboxylic acids is 1. The van der Waals surface area contributed by atoms with Crippen LogP contribution in [0.25, 0.3) is 11.0 Å². The molecule has 0 aliphatic rings. The number of benzene rings is 1. The first-order chi connectivity index (χ1) is 6.31. The molecule has 1 heterocycles. The van der Waals surface area contributed by atoms with Crippen LogP contribution in [0.5, 0.6) is 0 Å². The largest absolute Gasteiger partial charge is 0.463 e. The molecule has 1 N–H and O–H groups in total. The topological polar surface area (TPSA) is 55.0 Å². The molecule has 0 bridgehead atoms. The van der Waals surface area contributed by atoms with Crippen LogP contribution >= 0.6 is 12.4 Å². The maximum atomic E-state index is 11.1. The Morgan fingerprint density at radius 2 is 2.14 bits per heavy atom. The average molecular weight is 213 g/mol. The fourth-order valence-corrected chi connectivity index (χ4v) is 1.15. The molecule has 1 aromatic heterocycles. The summed E-state index contributed by atoms with van der Waals surface area (Å²) in [6.45, 7) is 0. The van der Waals surface area contributed by atoms with Gasteiger partial charge in [0, 0.05) is 0 Å². The van der Waals surface area contributed by atoms with E-state index < -0.39 is 5.97 Å². The Balaban J connectivity index is 0.000000980. The number of para-hydroxylation sites is 2. The average Bonchev–Trinajstić information content (AvgIpc) is 2.59. The van der Waals surface area contributed by atoms with E-state index in [2.05, 4.69) is 14.7 Å². The zero-order valence-electron chi connectivity index (χ0n) is 7.48. The normalized spacial score (nSPS) is 9.50. The lowest BCUT2D eigenvalue weighted by atomic mass is 10.3. The Hall–Kier alpha value is -1.55. The van der Waals surface area contributed by atoms with Crippen LogP contribution in [0.15, 0.2) is 24.3 Å². The predicted octanol–water partition coefficient (Wildman–Crippen LogP) is 1.77. The van der Waals surface area contributed by atoms with Gasteiger partial charge in [0.15, 0.2) is 0 Å². The van der Waals surface area contributed by atoms with E-state index in [1.54, 1.807) is 0 Å². The molecule has 0 radical (unpaired) electrons. The third kappa shape index (κ3) is 1.70. The molecule has 0 saturated carbocycles. The Labute approximate surface area is 86.7 Å². The number of fused-ring (bicyclic) bond motifs is 1. The van der Waals surface area contributed by atoms with E-state index in [1.165, 1.54) is 7.11 Å². The number of methoxy groups -OCH3 is 1. The summed E-state index contributed by atoms with van der Waals surface area (Å²) in [7, 11) is 1.33. The van der Waals surface area contributed by atoms with Crippen molar-refractivity contribution in [3.8, 4) is 0 Å². The van der Waals surface area contributed by atoms with Crippen molar-refractivity contribution < 1.29 is 9.53 Å². The summed E-state index contributed by atoms with van der Waals surface area (Å²) >= 11 is 0. The fourth-order valence-electron chi connectivity index (χ4n) is 1.15. The van der Waals surface area contributed by atoms with Gasteiger partial charge < -0.3 is 9.72 Å². The number of esters is 1. The first-order valence-corrected chi connectivity index (χ1v) is 3.84. The zero-order chi connectivity index (χ0) is 9.26. The van der Waals surface area contributed by atoms with Crippen molar-refractivity contribution in [3.63, 3.8) is 0 Å². The number of aromatic nitrogens is 2. The van der Waals surface area contributed by atoms with Crippen molar-refractivity contribution in [2.24, 2.45) is 0 Å². The molecule has 14 heavy (non-hydrogen) atoms. The van der Waals surface area contributed by atoms with Gasteiger partial charge in [0.2, 0.25) is 5.82 Å². The van der Waals surface area contributed by atoms with Crippen LogP contribution in [0.4, 0.5) is 0 Å². The third-order valence-electron chi connectivity index (χ3n) is 1.77. The molecule has 2 rings (SSSR count). The van der Waals surface area contributed by atoms with Gasteiger partial charge in [-0.2, -0.15) is 0 Å². The molecule has 0 unspecified atom stereocenters. The molecule has 0 spiro atoms. The van der Waals surface area contributed by atoms with Gasteiger partial charge in [-0.3, -0.25) is 0 Å². The highest BCUT2D eigenvalue weighted by molar-refractivity contribution is 5.90. The Kier molecular flexibility index (Phi) is 3.09. The SMILES string of the molecule is COC(=O)c1nc2ccccc2[nH]1.Cl. The minimum Gasteiger partial charge on any atom is -0.463 e. The predicted molar refractivity (Wildman–Crippen MR) is 54.7 cm³/mol. The van der Waals surface area contributed by atoms with E-state index in [0.717, 1.165) is 11.0 Å². The molecule has 0 amide bonds. The summed E-state index contributed by atoms with van der Waals surface area (Å²) in [6.07, 6.45) is 0. The molecule has 0 aliphatic heterocycles. The first-order valence-electron chi connectivity index (χ1n) is 3.84. The molecule has 0 atom stereocenters. The van der Waals surface area contributed by atoms with E-state index in [4.69, 9.17) is 0 Å². The van der Waals surface area contributed by atoms with Gasteiger partial charge in [-0.25, -0.2) is 9.78 Å². The van der Waals surface area contributed by atoms with Crippen molar-refractivity contribution in [1.82, 2.24) is 9.97 Å². The van der Waals surface area contributed by atoms with E-state index in [1.807, 2.05) is 24.3 Å². The molecule has 2 aromatic rings. The third-order valence-corrected chi connectivity index (χ3v) is 1.77. The Bertz CT molecular complexity index is 420. The van der Waals surface area contributed by atoms with Gasteiger partial charge in [-0.1, -0.05) is 12.1 Å². The fraction of sp³-hybridized carbons (Fsp3) is 0.111. The zero-order valence-corrected chi connectivity index (χ0v) is 8.30. The summed E-state index contributed by atoms with van der Waals surface area (Å²) in [5, 5.41) is 0. The Morgan fingerprint density at radius 3 is 2.79 bits per heavy atom. The van der Waals surface area contributed by atoms with Gasteiger partial charge in [0.1, 0.15) is 0 Å². The van der Waals surface area contributed by atoms with Gasteiger partial charge >= 0.3 is 5.97 Å². The van der Waals surface area contributed by atoms with Crippen molar-refractivity contribution in [3.05, 3.63) is 30.1 Å². The lowest BCUT2D eigenvalue weighted by Gasteiger charge is -1.90. The summed E-state index contributed by atoms with van der Waals surface area (Å²) in [5.41, 5.74) is 1.60. The van der Waals surface area contributed by atoms with Crippen molar-refractivity contribution in [1.29, 1.82) is 0 Å². The second kappa shape index (κ2) is 4.11. The number of H-pyrrole nitrogens is 1. The van der Waals surface area contributed by atoms with Gasteiger partial charge in [-0.05, 0) is 12.1 Å². The highest BCUT2D eigenvalue weighted by Gasteiger charge is 2.09.